The molecule has 1 aromatic heterocycles. The maximum atomic E-state index is 8.89. The molecule has 0 aliphatic carbocycles. The van der Waals surface area contributed by atoms with Gasteiger partial charge in [-0.15, -0.1) is 0 Å². The van der Waals surface area contributed by atoms with Gasteiger partial charge in [0, 0.05) is 0 Å². The normalized spacial score (nSPS) is 14.1. The first-order chi connectivity index (χ1) is 5.18. The quantitative estimate of drug-likeness (QED) is 0.703. The fourth-order valence-corrected chi connectivity index (χ4v) is 0.777. The highest BCUT2D eigenvalue weighted by Crippen LogP contribution is 2.07. The second-order valence-electron chi connectivity index (χ2n) is 2.55. The molecule has 1 unspecified atom stereocenters. The van der Waals surface area contributed by atoms with Crippen LogP contribution in [0.5, 0.6) is 0 Å². The molecule has 1 N–H and O–H groups in total. The van der Waals surface area contributed by atoms with E-state index in [1.807, 2.05) is 19.1 Å². The summed E-state index contributed by atoms with van der Waals surface area (Å²) in [5, 5.41) is 8.89. The van der Waals surface area contributed by atoms with Crippen molar-refractivity contribution >= 4 is 6.08 Å². The number of hydrogen-bond acceptors (Lipinski definition) is 2. The first-order valence-electron chi connectivity index (χ1n) is 3.61. The van der Waals surface area contributed by atoms with Crippen LogP contribution in [0.4, 0.5) is 0 Å². The Labute approximate surface area is 66.2 Å². The van der Waals surface area contributed by atoms with Gasteiger partial charge in [-0.3, -0.25) is 0 Å². The lowest BCUT2D eigenvalue weighted by atomic mass is 10.3. The predicted molar refractivity (Wildman–Crippen MR) is 44.2 cm³/mol. The second-order valence-corrected chi connectivity index (χ2v) is 2.55. The van der Waals surface area contributed by atoms with Crippen LogP contribution in [0.1, 0.15) is 18.4 Å². The lowest BCUT2D eigenvalue weighted by Crippen LogP contribution is -1.90. The summed E-state index contributed by atoms with van der Waals surface area (Å²) in [6.45, 7) is 3.59. The van der Waals surface area contributed by atoms with E-state index in [9.17, 15) is 0 Å². The van der Waals surface area contributed by atoms with E-state index in [0.29, 0.717) is 0 Å². The topological polar surface area (TPSA) is 33.4 Å². The molecule has 1 rings (SSSR count). The molecule has 60 valence electrons. The minimum Gasteiger partial charge on any atom is -0.462 e. The predicted octanol–water partition coefficient (Wildman–Crippen LogP) is 1.98. The van der Waals surface area contributed by atoms with Crippen molar-refractivity contribution in [2.45, 2.75) is 20.0 Å². The highest BCUT2D eigenvalue weighted by molar-refractivity contribution is 5.43. The smallest absolute Gasteiger partial charge is 0.126 e. The Kier molecular flexibility index (Phi) is 2.49. The third-order valence-corrected chi connectivity index (χ3v) is 1.30. The summed E-state index contributed by atoms with van der Waals surface area (Å²) in [6, 6.07) is 3.76. The highest BCUT2D eigenvalue weighted by atomic mass is 16.3. The van der Waals surface area contributed by atoms with Crippen LogP contribution in [-0.2, 0) is 0 Å². The second kappa shape index (κ2) is 3.39. The van der Waals surface area contributed by atoms with Crippen molar-refractivity contribution < 1.29 is 9.52 Å². The van der Waals surface area contributed by atoms with Gasteiger partial charge >= 0.3 is 0 Å². The molecule has 2 heteroatoms. The van der Waals surface area contributed by atoms with E-state index in [1.165, 1.54) is 0 Å². The Morgan fingerprint density at radius 2 is 2.27 bits per heavy atom. The van der Waals surface area contributed by atoms with Crippen LogP contribution in [0.25, 0.3) is 6.08 Å². The van der Waals surface area contributed by atoms with Gasteiger partial charge in [0.2, 0.25) is 0 Å². The molecule has 0 fully saturated rings. The van der Waals surface area contributed by atoms with Crippen LogP contribution in [-0.4, -0.2) is 11.2 Å². The van der Waals surface area contributed by atoms with E-state index in [4.69, 9.17) is 9.52 Å². The van der Waals surface area contributed by atoms with Gasteiger partial charge in [-0.1, -0.05) is 6.08 Å². The molecule has 0 saturated carbocycles. The molecule has 1 heterocycles. The number of aliphatic hydroxyl groups excluding tert-OH is 1. The third-order valence-electron chi connectivity index (χ3n) is 1.30. The number of aryl methyl sites for hydroxylation is 1. The third kappa shape index (κ3) is 2.60. The molecule has 0 radical (unpaired) electrons. The molecule has 0 bridgehead atoms. The van der Waals surface area contributed by atoms with E-state index >= 15 is 0 Å². The Balaban J connectivity index is 2.64. The minimum absolute atomic E-state index is 0.416. The van der Waals surface area contributed by atoms with Gasteiger partial charge < -0.3 is 9.52 Å². The van der Waals surface area contributed by atoms with Gasteiger partial charge in [0.05, 0.1) is 6.10 Å². The number of furan rings is 1. The van der Waals surface area contributed by atoms with Crippen LogP contribution in [0.3, 0.4) is 0 Å². The molecule has 2 nitrogen and oxygen atoms in total. The van der Waals surface area contributed by atoms with Crippen molar-refractivity contribution in [3.8, 4) is 0 Å². The summed E-state index contributed by atoms with van der Waals surface area (Å²) in [6.07, 6.45) is 3.02. The van der Waals surface area contributed by atoms with Crippen LogP contribution in [0, 0.1) is 6.92 Å². The monoisotopic (exact) mass is 152 g/mol. The van der Waals surface area contributed by atoms with Crippen molar-refractivity contribution in [1.29, 1.82) is 0 Å². The van der Waals surface area contributed by atoms with Crippen LogP contribution in [0.2, 0.25) is 0 Å². The first kappa shape index (κ1) is 8.08. The van der Waals surface area contributed by atoms with E-state index in [2.05, 4.69) is 0 Å². The molecule has 0 aromatic carbocycles. The van der Waals surface area contributed by atoms with Crippen LogP contribution < -0.4 is 0 Å². The Bertz CT molecular complexity index is 246. The van der Waals surface area contributed by atoms with Crippen molar-refractivity contribution in [1.82, 2.24) is 0 Å². The maximum absolute atomic E-state index is 8.89. The lowest BCUT2D eigenvalue weighted by molar-refractivity contribution is 0.245. The average molecular weight is 152 g/mol. The maximum Gasteiger partial charge on any atom is 0.126 e. The van der Waals surface area contributed by atoms with E-state index in [-0.39, 0.29) is 0 Å². The van der Waals surface area contributed by atoms with Crippen molar-refractivity contribution in [3.63, 3.8) is 0 Å². The minimum atomic E-state index is -0.416. The lowest BCUT2D eigenvalue weighted by Gasteiger charge is -1.90. The molecule has 0 amide bonds. The molecule has 0 aliphatic heterocycles. The van der Waals surface area contributed by atoms with Gasteiger partial charge in [0.25, 0.3) is 0 Å². The summed E-state index contributed by atoms with van der Waals surface area (Å²) < 4.78 is 5.24. The molecule has 0 aliphatic rings. The van der Waals surface area contributed by atoms with Crippen LogP contribution >= 0.6 is 0 Å². The Morgan fingerprint density at radius 3 is 2.73 bits per heavy atom. The molecule has 1 atom stereocenters. The molecular weight excluding hydrogens is 140 g/mol. The van der Waals surface area contributed by atoms with Crippen molar-refractivity contribution in [2.24, 2.45) is 0 Å². The standard InChI is InChI=1S/C9H12O2/c1-7(10)3-5-9-6-4-8(2)11-9/h3-7,10H,1-2H3. The fourth-order valence-electron chi connectivity index (χ4n) is 0.777. The summed E-state index contributed by atoms with van der Waals surface area (Å²) in [4.78, 5) is 0. The van der Waals surface area contributed by atoms with E-state index in [0.717, 1.165) is 11.5 Å². The molecular formula is C9H12O2. The first-order valence-corrected chi connectivity index (χ1v) is 3.61. The van der Waals surface area contributed by atoms with Gasteiger partial charge in [-0.05, 0) is 32.1 Å². The largest absolute Gasteiger partial charge is 0.462 e. The van der Waals surface area contributed by atoms with Crippen molar-refractivity contribution in [2.75, 3.05) is 0 Å². The zero-order valence-corrected chi connectivity index (χ0v) is 6.74. The van der Waals surface area contributed by atoms with E-state index < -0.39 is 6.10 Å². The number of aliphatic hydroxyl groups is 1. The Hall–Kier alpha value is -1.02. The van der Waals surface area contributed by atoms with Crippen LogP contribution in [0.15, 0.2) is 22.6 Å². The molecule has 0 saturated heterocycles. The van der Waals surface area contributed by atoms with Crippen molar-refractivity contribution in [3.05, 3.63) is 29.7 Å². The summed E-state index contributed by atoms with van der Waals surface area (Å²) >= 11 is 0. The van der Waals surface area contributed by atoms with Gasteiger partial charge in [-0.25, -0.2) is 0 Å². The number of hydrogen-bond donors (Lipinski definition) is 1. The summed E-state index contributed by atoms with van der Waals surface area (Å²) in [7, 11) is 0. The molecule has 1 aromatic rings. The van der Waals surface area contributed by atoms with Gasteiger partial charge in [0.1, 0.15) is 11.5 Å². The number of rotatable bonds is 2. The zero-order chi connectivity index (χ0) is 8.27. The molecule has 11 heavy (non-hydrogen) atoms. The Morgan fingerprint density at radius 1 is 1.55 bits per heavy atom. The zero-order valence-electron chi connectivity index (χ0n) is 6.74. The highest BCUT2D eigenvalue weighted by Gasteiger charge is 1.92. The summed E-state index contributed by atoms with van der Waals surface area (Å²) in [5.41, 5.74) is 0. The molecule has 0 spiro atoms. The van der Waals surface area contributed by atoms with Gasteiger partial charge in [-0.2, -0.15) is 0 Å². The SMILES string of the molecule is Cc1ccc(C=CC(C)O)o1. The van der Waals surface area contributed by atoms with E-state index in [1.54, 1.807) is 19.1 Å². The summed E-state index contributed by atoms with van der Waals surface area (Å²) in [5.74, 6) is 1.67. The van der Waals surface area contributed by atoms with Gasteiger partial charge in [0.15, 0.2) is 0 Å². The average Bonchev–Trinajstić information content (AvgIpc) is 2.31. The fraction of sp³-hybridized carbons (Fsp3) is 0.333.